The number of hydrogen-bond acceptors (Lipinski definition) is 3. The van der Waals surface area contributed by atoms with E-state index in [1.807, 2.05) is 48.3 Å². The Morgan fingerprint density at radius 2 is 1.96 bits per heavy atom. The summed E-state index contributed by atoms with van der Waals surface area (Å²) in [5.41, 5.74) is 3.18. The Labute approximate surface area is 153 Å². The van der Waals surface area contributed by atoms with Crippen LogP contribution in [0.2, 0.25) is 0 Å². The number of anilines is 1. The van der Waals surface area contributed by atoms with Crippen LogP contribution in [0, 0.1) is 0 Å². The SMILES string of the molecule is CN1c2cc(C(=O)NCc3ccccc3)ccc2C(=O)N2CCCCC21. The molecule has 0 radical (unpaired) electrons. The third-order valence-electron chi connectivity index (χ3n) is 5.35. The number of carbonyl (C=O) groups is 2. The summed E-state index contributed by atoms with van der Waals surface area (Å²) < 4.78 is 0. The van der Waals surface area contributed by atoms with E-state index in [0.29, 0.717) is 17.7 Å². The van der Waals surface area contributed by atoms with Crippen LogP contribution in [-0.4, -0.2) is 36.5 Å². The van der Waals surface area contributed by atoms with Crippen LogP contribution in [0.3, 0.4) is 0 Å². The first-order valence-electron chi connectivity index (χ1n) is 9.15. The first-order chi connectivity index (χ1) is 12.6. The highest BCUT2D eigenvalue weighted by molar-refractivity contribution is 6.04. The number of nitrogens with one attached hydrogen (secondary N) is 1. The summed E-state index contributed by atoms with van der Waals surface area (Å²) in [6.45, 7) is 1.30. The van der Waals surface area contributed by atoms with Crippen molar-refractivity contribution in [3.05, 3.63) is 65.2 Å². The molecule has 0 bridgehead atoms. The van der Waals surface area contributed by atoms with Crippen LogP contribution in [0.4, 0.5) is 5.69 Å². The Morgan fingerprint density at radius 3 is 2.77 bits per heavy atom. The lowest BCUT2D eigenvalue weighted by atomic mass is 9.97. The van der Waals surface area contributed by atoms with E-state index in [1.165, 1.54) is 0 Å². The van der Waals surface area contributed by atoms with Gasteiger partial charge in [0.2, 0.25) is 0 Å². The minimum Gasteiger partial charge on any atom is -0.354 e. The van der Waals surface area contributed by atoms with Gasteiger partial charge in [-0.15, -0.1) is 0 Å². The van der Waals surface area contributed by atoms with Gasteiger partial charge in [0, 0.05) is 25.7 Å². The number of nitrogens with zero attached hydrogens (tertiary/aromatic N) is 2. The summed E-state index contributed by atoms with van der Waals surface area (Å²) in [6.07, 6.45) is 3.27. The van der Waals surface area contributed by atoms with Crippen LogP contribution >= 0.6 is 0 Å². The molecule has 4 rings (SSSR count). The molecule has 2 aromatic carbocycles. The van der Waals surface area contributed by atoms with E-state index in [0.717, 1.165) is 37.1 Å². The highest BCUT2D eigenvalue weighted by Gasteiger charge is 2.37. The lowest BCUT2D eigenvalue weighted by Gasteiger charge is -2.46. The molecular formula is C21H23N3O2. The Kier molecular flexibility index (Phi) is 4.37. The van der Waals surface area contributed by atoms with Crippen molar-refractivity contribution in [2.45, 2.75) is 32.0 Å². The Balaban J connectivity index is 1.56. The smallest absolute Gasteiger partial charge is 0.257 e. The van der Waals surface area contributed by atoms with E-state index < -0.39 is 0 Å². The first kappa shape index (κ1) is 16.6. The lowest BCUT2D eigenvalue weighted by Crippen LogP contribution is -2.55. The maximum Gasteiger partial charge on any atom is 0.257 e. The highest BCUT2D eigenvalue weighted by atomic mass is 16.2. The molecule has 0 spiro atoms. The molecule has 0 aromatic heterocycles. The number of benzene rings is 2. The van der Waals surface area contributed by atoms with Gasteiger partial charge in [-0.3, -0.25) is 9.59 Å². The number of carbonyl (C=O) groups excluding carboxylic acids is 2. The van der Waals surface area contributed by atoms with Crippen LogP contribution in [0.15, 0.2) is 48.5 Å². The predicted octanol–water partition coefficient (Wildman–Crippen LogP) is 3.02. The number of rotatable bonds is 3. The van der Waals surface area contributed by atoms with Crippen LogP contribution in [0.25, 0.3) is 0 Å². The standard InChI is InChI=1S/C21H23N3O2/c1-23-18-13-16(20(25)22-14-15-7-3-2-4-8-15)10-11-17(18)21(26)24-12-6-5-9-19(23)24/h2-4,7-8,10-11,13,19H,5-6,9,12,14H2,1H3,(H,22,25). The van der Waals surface area contributed by atoms with Gasteiger partial charge >= 0.3 is 0 Å². The third-order valence-corrected chi connectivity index (χ3v) is 5.35. The molecule has 1 saturated heterocycles. The summed E-state index contributed by atoms with van der Waals surface area (Å²) in [5, 5.41) is 2.95. The van der Waals surface area contributed by atoms with Crippen LogP contribution in [-0.2, 0) is 6.54 Å². The van der Waals surface area contributed by atoms with Gasteiger partial charge in [-0.05, 0) is 43.0 Å². The van der Waals surface area contributed by atoms with Crippen molar-refractivity contribution in [3.63, 3.8) is 0 Å². The van der Waals surface area contributed by atoms with Crippen molar-refractivity contribution < 1.29 is 9.59 Å². The van der Waals surface area contributed by atoms with Crippen molar-refractivity contribution in [1.82, 2.24) is 10.2 Å². The first-order valence-corrected chi connectivity index (χ1v) is 9.15. The van der Waals surface area contributed by atoms with Crippen molar-refractivity contribution >= 4 is 17.5 Å². The Morgan fingerprint density at radius 1 is 1.15 bits per heavy atom. The van der Waals surface area contributed by atoms with Gasteiger partial charge in [0.1, 0.15) is 6.17 Å². The summed E-state index contributed by atoms with van der Waals surface area (Å²) in [5.74, 6) is -0.0392. The molecule has 2 aliphatic heterocycles. The van der Waals surface area contributed by atoms with Crippen molar-refractivity contribution in [1.29, 1.82) is 0 Å². The van der Waals surface area contributed by atoms with Crippen molar-refractivity contribution in [3.8, 4) is 0 Å². The van der Waals surface area contributed by atoms with Crippen LogP contribution in [0.1, 0.15) is 45.5 Å². The normalized spacial score (nSPS) is 19.0. The summed E-state index contributed by atoms with van der Waals surface area (Å²) >= 11 is 0. The second kappa shape index (κ2) is 6.83. The second-order valence-corrected chi connectivity index (χ2v) is 6.99. The zero-order chi connectivity index (χ0) is 18.1. The van der Waals surface area contributed by atoms with E-state index in [4.69, 9.17) is 0 Å². The quantitative estimate of drug-likeness (QED) is 0.927. The zero-order valence-electron chi connectivity index (χ0n) is 14.9. The van der Waals surface area contributed by atoms with Gasteiger partial charge in [0.25, 0.3) is 11.8 Å². The Bertz CT molecular complexity index is 834. The maximum atomic E-state index is 12.8. The van der Waals surface area contributed by atoms with Crippen molar-refractivity contribution in [2.75, 3.05) is 18.5 Å². The number of amides is 2. The monoisotopic (exact) mass is 349 g/mol. The van der Waals surface area contributed by atoms with E-state index in [2.05, 4.69) is 10.2 Å². The molecule has 0 aliphatic carbocycles. The van der Waals surface area contributed by atoms with Gasteiger partial charge in [0.15, 0.2) is 0 Å². The fraction of sp³-hybridized carbons (Fsp3) is 0.333. The molecule has 1 unspecified atom stereocenters. The molecule has 1 fully saturated rings. The van der Waals surface area contributed by atoms with Crippen LogP contribution in [0.5, 0.6) is 0 Å². The average Bonchev–Trinajstić information content (AvgIpc) is 2.70. The van der Waals surface area contributed by atoms with Gasteiger partial charge in [0.05, 0.1) is 11.3 Å². The fourth-order valence-corrected chi connectivity index (χ4v) is 3.89. The lowest BCUT2D eigenvalue weighted by molar-refractivity contribution is 0.0589. The van der Waals surface area contributed by atoms with E-state index in [-0.39, 0.29) is 18.0 Å². The second-order valence-electron chi connectivity index (χ2n) is 6.99. The molecule has 134 valence electrons. The van der Waals surface area contributed by atoms with Gasteiger partial charge < -0.3 is 15.1 Å². The molecule has 2 aliphatic rings. The molecule has 0 saturated carbocycles. The largest absolute Gasteiger partial charge is 0.354 e. The van der Waals surface area contributed by atoms with Gasteiger partial charge in [-0.1, -0.05) is 30.3 Å². The average molecular weight is 349 g/mol. The third kappa shape index (κ3) is 2.94. The van der Waals surface area contributed by atoms with Gasteiger partial charge in [-0.25, -0.2) is 0 Å². The predicted molar refractivity (Wildman–Crippen MR) is 101 cm³/mol. The molecule has 2 aromatic rings. The summed E-state index contributed by atoms with van der Waals surface area (Å²) in [4.78, 5) is 29.4. The number of hydrogen-bond donors (Lipinski definition) is 1. The summed E-state index contributed by atoms with van der Waals surface area (Å²) in [7, 11) is 2.01. The molecule has 5 heteroatoms. The van der Waals surface area contributed by atoms with E-state index in [1.54, 1.807) is 12.1 Å². The van der Waals surface area contributed by atoms with Gasteiger partial charge in [-0.2, -0.15) is 0 Å². The molecule has 1 N–H and O–H groups in total. The molecule has 5 nitrogen and oxygen atoms in total. The number of piperidine rings is 1. The number of fused-ring (bicyclic) bond motifs is 2. The topological polar surface area (TPSA) is 52.7 Å². The molecule has 2 amide bonds. The molecule has 26 heavy (non-hydrogen) atoms. The van der Waals surface area contributed by atoms with Crippen molar-refractivity contribution in [2.24, 2.45) is 0 Å². The van der Waals surface area contributed by atoms with E-state index >= 15 is 0 Å². The minimum atomic E-state index is -0.122. The van der Waals surface area contributed by atoms with Crippen LogP contribution < -0.4 is 10.2 Å². The van der Waals surface area contributed by atoms with E-state index in [9.17, 15) is 9.59 Å². The minimum absolute atomic E-state index is 0.0824. The fourth-order valence-electron chi connectivity index (χ4n) is 3.89. The molecular weight excluding hydrogens is 326 g/mol. The summed E-state index contributed by atoms with van der Waals surface area (Å²) in [6, 6.07) is 15.2. The molecule has 1 atom stereocenters. The zero-order valence-corrected chi connectivity index (χ0v) is 14.9. The maximum absolute atomic E-state index is 12.8. The highest BCUT2D eigenvalue weighted by Crippen LogP contribution is 2.34. The molecule has 2 heterocycles. The Hall–Kier alpha value is -2.82.